The van der Waals surface area contributed by atoms with Gasteiger partial charge in [0.15, 0.2) is 11.3 Å². The molecule has 0 fully saturated rings. The van der Waals surface area contributed by atoms with Crippen LogP contribution in [0.4, 0.5) is 8.78 Å². The summed E-state index contributed by atoms with van der Waals surface area (Å²) in [5.74, 6) is -0.502. The van der Waals surface area contributed by atoms with Crippen molar-refractivity contribution in [3.8, 4) is 0 Å². The predicted octanol–water partition coefficient (Wildman–Crippen LogP) is 3.34. The molecule has 0 saturated heterocycles. The standard InChI is InChI=1S/C17H19ClF2N6O/c1-5-25-11(4)12(8-21-25)10(3)23-16(27)13-7-15-22-9(2)6-14(17(18,19)20)26(15)24-13/h6-8,10H,5H2,1-4H3,(H,23,27). The zero-order valence-corrected chi connectivity index (χ0v) is 16.1. The first-order valence-electron chi connectivity index (χ1n) is 8.39. The predicted molar refractivity (Wildman–Crippen MR) is 96.0 cm³/mol. The van der Waals surface area contributed by atoms with Crippen LogP contribution in [0.2, 0.25) is 0 Å². The van der Waals surface area contributed by atoms with Gasteiger partial charge in [-0.1, -0.05) is 0 Å². The number of aromatic nitrogens is 5. The van der Waals surface area contributed by atoms with Crippen molar-refractivity contribution in [2.75, 3.05) is 0 Å². The number of nitrogens with zero attached hydrogens (tertiary/aromatic N) is 5. The van der Waals surface area contributed by atoms with Crippen molar-refractivity contribution in [3.05, 3.63) is 46.7 Å². The van der Waals surface area contributed by atoms with Crippen LogP contribution in [0, 0.1) is 13.8 Å². The van der Waals surface area contributed by atoms with E-state index in [0.29, 0.717) is 5.69 Å². The van der Waals surface area contributed by atoms with Gasteiger partial charge in [0.25, 0.3) is 5.91 Å². The van der Waals surface area contributed by atoms with Crippen molar-refractivity contribution >= 4 is 23.2 Å². The van der Waals surface area contributed by atoms with Crippen molar-refractivity contribution in [1.29, 1.82) is 0 Å². The minimum atomic E-state index is -3.63. The lowest BCUT2D eigenvalue weighted by atomic mass is 10.1. The molecule has 1 N–H and O–H groups in total. The molecule has 0 aliphatic heterocycles. The molecule has 0 radical (unpaired) electrons. The molecule has 0 aliphatic rings. The molecule has 144 valence electrons. The summed E-state index contributed by atoms with van der Waals surface area (Å²) in [7, 11) is 0. The van der Waals surface area contributed by atoms with Crippen LogP contribution in [0.25, 0.3) is 5.65 Å². The molecule has 0 aliphatic carbocycles. The number of hydrogen-bond acceptors (Lipinski definition) is 4. The molecular weight excluding hydrogens is 378 g/mol. The van der Waals surface area contributed by atoms with E-state index < -0.39 is 17.0 Å². The molecule has 1 amide bonds. The summed E-state index contributed by atoms with van der Waals surface area (Å²) in [5.41, 5.74) is 1.72. The number of fused-ring (bicyclic) bond motifs is 1. The number of nitrogens with one attached hydrogen (secondary N) is 1. The Balaban J connectivity index is 1.91. The van der Waals surface area contributed by atoms with Crippen LogP contribution in [-0.2, 0) is 11.9 Å². The van der Waals surface area contributed by atoms with Gasteiger partial charge in [0.05, 0.1) is 12.2 Å². The van der Waals surface area contributed by atoms with Gasteiger partial charge >= 0.3 is 5.38 Å². The van der Waals surface area contributed by atoms with Crippen molar-refractivity contribution in [2.24, 2.45) is 0 Å². The van der Waals surface area contributed by atoms with Crippen molar-refractivity contribution < 1.29 is 13.6 Å². The second-order valence-electron chi connectivity index (χ2n) is 6.28. The van der Waals surface area contributed by atoms with Crippen molar-refractivity contribution in [3.63, 3.8) is 0 Å². The number of aryl methyl sites for hydroxylation is 2. The highest BCUT2D eigenvalue weighted by Gasteiger charge is 2.33. The molecule has 27 heavy (non-hydrogen) atoms. The number of amides is 1. The Hall–Kier alpha value is -2.55. The van der Waals surface area contributed by atoms with Crippen LogP contribution >= 0.6 is 11.6 Å². The number of hydrogen-bond donors (Lipinski definition) is 1. The molecule has 3 heterocycles. The molecular formula is C17H19ClF2N6O. The summed E-state index contributed by atoms with van der Waals surface area (Å²) >= 11 is 5.16. The summed E-state index contributed by atoms with van der Waals surface area (Å²) in [6.07, 6.45) is 1.70. The molecule has 0 saturated carbocycles. The van der Waals surface area contributed by atoms with E-state index in [4.69, 9.17) is 11.6 Å². The zero-order chi connectivity index (χ0) is 19.9. The highest BCUT2D eigenvalue weighted by Crippen LogP contribution is 2.32. The molecule has 0 spiro atoms. The molecule has 1 atom stereocenters. The van der Waals surface area contributed by atoms with Gasteiger partial charge in [-0.15, -0.1) is 0 Å². The van der Waals surface area contributed by atoms with Crippen LogP contribution in [0.15, 0.2) is 18.3 Å². The molecule has 3 aromatic heterocycles. The minimum absolute atomic E-state index is 0.0253. The van der Waals surface area contributed by atoms with Crippen LogP contribution in [0.3, 0.4) is 0 Å². The van der Waals surface area contributed by atoms with Gasteiger partial charge in [0.1, 0.15) is 5.69 Å². The van der Waals surface area contributed by atoms with Crippen LogP contribution in [0.5, 0.6) is 0 Å². The fourth-order valence-electron chi connectivity index (χ4n) is 2.97. The van der Waals surface area contributed by atoms with E-state index in [1.165, 1.54) is 6.07 Å². The first-order chi connectivity index (χ1) is 12.6. The highest BCUT2D eigenvalue weighted by atomic mass is 35.5. The fraction of sp³-hybridized carbons (Fsp3) is 0.412. The Morgan fingerprint density at radius 3 is 2.67 bits per heavy atom. The van der Waals surface area contributed by atoms with Crippen LogP contribution in [-0.4, -0.2) is 30.3 Å². The second-order valence-corrected chi connectivity index (χ2v) is 6.75. The van der Waals surface area contributed by atoms with Gasteiger partial charge in [0, 0.05) is 29.6 Å². The van der Waals surface area contributed by atoms with Gasteiger partial charge in [0.2, 0.25) is 0 Å². The smallest absolute Gasteiger partial charge is 0.344 e. The molecule has 0 aromatic carbocycles. The summed E-state index contributed by atoms with van der Waals surface area (Å²) < 4.78 is 30.0. The van der Waals surface area contributed by atoms with Gasteiger partial charge in [-0.2, -0.15) is 19.0 Å². The minimum Gasteiger partial charge on any atom is -0.344 e. The number of carbonyl (C=O) groups is 1. The third kappa shape index (κ3) is 3.64. The monoisotopic (exact) mass is 396 g/mol. The van der Waals surface area contributed by atoms with E-state index in [1.807, 2.05) is 25.5 Å². The molecule has 3 rings (SSSR count). The molecule has 10 heteroatoms. The largest absolute Gasteiger partial charge is 0.364 e. The molecule has 3 aromatic rings. The van der Waals surface area contributed by atoms with Crippen molar-refractivity contribution in [1.82, 2.24) is 29.7 Å². The maximum atomic E-state index is 13.7. The number of carbonyl (C=O) groups excluding carboxylic acids is 1. The summed E-state index contributed by atoms with van der Waals surface area (Å²) in [6, 6.07) is 2.16. The maximum absolute atomic E-state index is 13.7. The molecule has 0 bridgehead atoms. The lowest BCUT2D eigenvalue weighted by Gasteiger charge is -2.13. The highest BCUT2D eigenvalue weighted by molar-refractivity contribution is 6.21. The average Bonchev–Trinajstić information content (AvgIpc) is 3.16. The Bertz CT molecular complexity index is 1010. The van der Waals surface area contributed by atoms with E-state index in [-0.39, 0.29) is 17.4 Å². The van der Waals surface area contributed by atoms with E-state index in [2.05, 4.69) is 20.5 Å². The van der Waals surface area contributed by atoms with E-state index in [0.717, 1.165) is 28.4 Å². The lowest BCUT2D eigenvalue weighted by Crippen LogP contribution is -2.27. The molecule has 7 nitrogen and oxygen atoms in total. The fourth-order valence-corrected chi connectivity index (χ4v) is 3.10. The molecule has 1 unspecified atom stereocenters. The normalized spacial score (nSPS) is 13.1. The summed E-state index contributed by atoms with van der Waals surface area (Å²) in [6.45, 7) is 8.00. The van der Waals surface area contributed by atoms with Gasteiger partial charge in [-0.3, -0.25) is 9.48 Å². The quantitative estimate of drug-likeness (QED) is 0.671. The van der Waals surface area contributed by atoms with E-state index >= 15 is 0 Å². The van der Waals surface area contributed by atoms with Gasteiger partial charge < -0.3 is 5.32 Å². The Morgan fingerprint density at radius 2 is 2.07 bits per heavy atom. The number of rotatable bonds is 5. The number of alkyl halides is 3. The topological polar surface area (TPSA) is 77.1 Å². The van der Waals surface area contributed by atoms with E-state index in [9.17, 15) is 13.6 Å². The van der Waals surface area contributed by atoms with E-state index in [1.54, 1.807) is 13.1 Å². The third-order valence-corrected chi connectivity index (χ3v) is 4.53. The third-order valence-electron chi connectivity index (χ3n) is 4.33. The van der Waals surface area contributed by atoms with Gasteiger partial charge in [-0.25, -0.2) is 9.50 Å². The lowest BCUT2D eigenvalue weighted by molar-refractivity contribution is 0.0863. The maximum Gasteiger partial charge on any atom is 0.364 e. The Kier molecular flexibility index (Phi) is 4.90. The first kappa shape index (κ1) is 19.2. The average molecular weight is 397 g/mol. The Labute approximate surface area is 159 Å². The number of halogens is 3. The SMILES string of the molecule is CCn1ncc(C(C)NC(=O)c2cc3nc(C)cc(C(F)(F)Cl)n3n2)c1C. The van der Waals surface area contributed by atoms with Crippen LogP contribution in [0.1, 0.15) is 53.0 Å². The summed E-state index contributed by atoms with van der Waals surface area (Å²) in [4.78, 5) is 16.7. The summed E-state index contributed by atoms with van der Waals surface area (Å²) in [5, 5.41) is 7.40. The van der Waals surface area contributed by atoms with Gasteiger partial charge in [-0.05, 0) is 45.4 Å². The second kappa shape index (κ2) is 6.88. The zero-order valence-electron chi connectivity index (χ0n) is 15.3. The van der Waals surface area contributed by atoms with Crippen molar-refractivity contribution in [2.45, 2.75) is 45.7 Å². The Morgan fingerprint density at radius 1 is 1.37 bits per heavy atom. The van der Waals surface area contributed by atoms with Crippen LogP contribution < -0.4 is 5.32 Å². The first-order valence-corrected chi connectivity index (χ1v) is 8.77.